The Balaban J connectivity index is 1.99. The van der Waals surface area contributed by atoms with E-state index in [1.54, 1.807) is 0 Å². The molecule has 3 rings (SSSR count). The molecule has 0 atom stereocenters. The Bertz CT molecular complexity index is 1210. The molecule has 2 aromatic heterocycles. The minimum Gasteiger partial charge on any atom is -0.462 e. The zero-order valence-electron chi connectivity index (χ0n) is 13.8. The summed E-state index contributed by atoms with van der Waals surface area (Å²) in [6, 6.07) is 3.38. The summed E-state index contributed by atoms with van der Waals surface area (Å²) in [4.78, 5) is 27.1. The number of nitrogens with zero attached hydrogens (tertiary/aromatic N) is 1. The molecule has 0 amide bonds. The van der Waals surface area contributed by atoms with E-state index in [9.17, 15) is 31.2 Å². The van der Waals surface area contributed by atoms with Crippen molar-refractivity contribution < 1.29 is 35.5 Å². The highest BCUT2D eigenvalue weighted by molar-refractivity contribution is 7.93. The first-order chi connectivity index (χ1) is 13.0. The summed E-state index contributed by atoms with van der Waals surface area (Å²) in [5, 5.41) is -0.675. The number of fused-ring (bicyclic) bond motifs is 1. The number of rotatable bonds is 5. The first-order valence-electron chi connectivity index (χ1n) is 7.42. The van der Waals surface area contributed by atoms with Crippen molar-refractivity contribution in [2.75, 3.05) is 11.3 Å². The number of hydrogen-bond acceptors (Lipinski definition) is 8. The summed E-state index contributed by atoms with van der Waals surface area (Å²) >= 11 is 0.188. The number of esters is 1. The van der Waals surface area contributed by atoms with Crippen LogP contribution >= 0.6 is 11.3 Å². The molecule has 0 aliphatic rings. The van der Waals surface area contributed by atoms with E-state index >= 15 is 0 Å². The number of aromatic nitrogens is 2. The lowest BCUT2D eigenvalue weighted by molar-refractivity contribution is -0.141. The molecule has 0 saturated carbocycles. The van der Waals surface area contributed by atoms with Gasteiger partial charge in [0.25, 0.3) is 10.0 Å². The molecule has 0 fully saturated rings. The number of nitrogens with one attached hydrogen (secondary N) is 2. The van der Waals surface area contributed by atoms with Crippen molar-refractivity contribution in [2.45, 2.75) is 18.0 Å². The van der Waals surface area contributed by atoms with E-state index < -0.39 is 43.6 Å². The molecular weight excluding hydrogens is 427 g/mol. The number of ether oxygens (including phenoxy) is 1. The number of anilines is 1. The first kappa shape index (κ1) is 19.9. The van der Waals surface area contributed by atoms with E-state index in [0.29, 0.717) is 0 Å². The highest BCUT2D eigenvalue weighted by atomic mass is 32.2. The number of H-pyrrole nitrogens is 1. The predicted octanol–water partition coefficient (Wildman–Crippen LogP) is 2.57. The molecule has 0 unspecified atom stereocenters. The number of carbonyl (C=O) groups is 1. The quantitative estimate of drug-likeness (QED) is 0.587. The lowest BCUT2D eigenvalue weighted by Gasteiger charge is -2.05. The molecule has 0 aliphatic heterocycles. The van der Waals surface area contributed by atoms with Crippen LogP contribution in [-0.4, -0.2) is 31.0 Å². The number of carbonyl (C=O) groups excluding carboxylic acids is 1. The Kier molecular flexibility index (Phi) is 4.93. The number of thiazole rings is 1. The molecule has 0 aliphatic carbocycles. The van der Waals surface area contributed by atoms with Gasteiger partial charge < -0.3 is 9.15 Å². The second-order valence-corrected chi connectivity index (χ2v) is 7.87. The molecule has 3 aromatic rings. The SMILES string of the molecule is CCOC(=O)c1sc(NS(=O)(=O)c2ccc3[nH]c(=O)oc3c2)nc1C(F)(F)F. The number of benzene rings is 1. The number of halogens is 3. The lowest BCUT2D eigenvalue weighted by Crippen LogP contribution is -2.14. The molecule has 0 saturated heterocycles. The first-order valence-corrected chi connectivity index (χ1v) is 9.72. The van der Waals surface area contributed by atoms with Gasteiger partial charge in [0.1, 0.15) is 4.88 Å². The van der Waals surface area contributed by atoms with Gasteiger partial charge in [-0.05, 0) is 19.1 Å². The van der Waals surface area contributed by atoms with Crippen LogP contribution in [0.1, 0.15) is 22.3 Å². The average molecular weight is 437 g/mol. The van der Waals surface area contributed by atoms with Crippen LogP contribution < -0.4 is 10.5 Å². The summed E-state index contributed by atoms with van der Waals surface area (Å²) < 4.78 is 75.4. The third-order valence-corrected chi connectivity index (χ3v) is 5.70. The molecule has 14 heteroatoms. The van der Waals surface area contributed by atoms with E-state index in [1.807, 2.05) is 4.72 Å². The van der Waals surface area contributed by atoms with Crippen molar-refractivity contribution in [2.24, 2.45) is 0 Å². The van der Waals surface area contributed by atoms with Gasteiger partial charge in [-0.3, -0.25) is 9.71 Å². The van der Waals surface area contributed by atoms with Crippen LogP contribution in [0.25, 0.3) is 11.1 Å². The van der Waals surface area contributed by atoms with E-state index in [2.05, 4.69) is 14.7 Å². The fourth-order valence-electron chi connectivity index (χ4n) is 2.16. The van der Waals surface area contributed by atoms with Gasteiger partial charge in [-0.15, -0.1) is 0 Å². The molecule has 28 heavy (non-hydrogen) atoms. The zero-order chi connectivity index (χ0) is 20.7. The van der Waals surface area contributed by atoms with E-state index in [1.165, 1.54) is 13.0 Å². The van der Waals surface area contributed by atoms with Crippen molar-refractivity contribution in [1.29, 1.82) is 0 Å². The zero-order valence-corrected chi connectivity index (χ0v) is 15.4. The predicted molar refractivity (Wildman–Crippen MR) is 90.7 cm³/mol. The third kappa shape index (κ3) is 3.87. The summed E-state index contributed by atoms with van der Waals surface area (Å²) in [6.45, 7) is 1.24. The third-order valence-electron chi connectivity index (χ3n) is 3.28. The summed E-state index contributed by atoms with van der Waals surface area (Å²) in [7, 11) is -4.38. The summed E-state index contributed by atoms with van der Waals surface area (Å²) in [5.74, 6) is -2.07. The van der Waals surface area contributed by atoms with Crippen LogP contribution in [-0.2, 0) is 20.9 Å². The number of oxazole rings is 1. The summed E-state index contributed by atoms with van der Waals surface area (Å²) in [6.07, 6.45) is -4.99. The highest BCUT2D eigenvalue weighted by Gasteiger charge is 2.40. The maximum atomic E-state index is 13.1. The van der Waals surface area contributed by atoms with E-state index in [0.717, 1.165) is 12.1 Å². The lowest BCUT2D eigenvalue weighted by atomic mass is 10.3. The topological polar surface area (TPSA) is 131 Å². The van der Waals surface area contributed by atoms with Crippen LogP contribution in [0.5, 0.6) is 0 Å². The van der Waals surface area contributed by atoms with Gasteiger partial charge in [0.05, 0.1) is 17.0 Å². The normalized spacial score (nSPS) is 12.3. The Morgan fingerprint density at radius 1 is 1.39 bits per heavy atom. The fraction of sp³-hybridized carbons (Fsp3) is 0.214. The van der Waals surface area contributed by atoms with Crippen molar-refractivity contribution in [1.82, 2.24) is 9.97 Å². The smallest absolute Gasteiger partial charge is 0.435 e. The van der Waals surface area contributed by atoms with Crippen LogP contribution in [0.4, 0.5) is 18.3 Å². The molecule has 2 heterocycles. The van der Waals surface area contributed by atoms with Crippen LogP contribution in [0.15, 0.2) is 32.3 Å². The minimum atomic E-state index is -4.99. The number of hydrogen-bond donors (Lipinski definition) is 2. The molecule has 150 valence electrons. The molecule has 9 nitrogen and oxygen atoms in total. The van der Waals surface area contributed by atoms with Gasteiger partial charge in [0, 0.05) is 6.07 Å². The van der Waals surface area contributed by atoms with Gasteiger partial charge in [-0.25, -0.2) is 23.0 Å². The second-order valence-electron chi connectivity index (χ2n) is 5.19. The van der Waals surface area contributed by atoms with Crippen molar-refractivity contribution >= 4 is 43.6 Å². The van der Waals surface area contributed by atoms with E-state index in [-0.39, 0.29) is 33.9 Å². The van der Waals surface area contributed by atoms with Gasteiger partial charge in [-0.1, -0.05) is 11.3 Å². The monoisotopic (exact) mass is 437 g/mol. The molecule has 2 N–H and O–H groups in total. The number of aromatic amines is 1. The van der Waals surface area contributed by atoms with Gasteiger partial charge in [0.2, 0.25) is 0 Å². The van der Waals surface area contributed by atoms with Crippen molar-refractivity contribution in [3.63, 3.8) is 0 Å². The van der Waals surface area contributed by atoms with Crippen LogP contribution in [0, 0.1) is 0 Å². The van der Waals surface area contributed by atoms with Gasteiger partial charge in [-0.2, -0.15) is 13.2 Å². The molecule has 0 bridgehead atoms. The number of sulfonamides is 1. The Labute approximate surface area is 158 Å². The Hall–Kier alpha value is -2.87. The average Bonchev–Trinajstić information content (AvgIpc) is 3.16. The van der Waals surface area contributed by atoms with E-state index in [4.69, 9.17) is 4.42 Å². The van der Waals surface area contributed by atoms with Crippen molar-refractivity contribution in [3.05, 3.63) is 39.3 Å². The standard InChI is InChI=1S/C14H10F3N3O6S2/c1-2-25-11(21)9-10(14(15,16)17)19-12(27-9)20-28(23,24)6-3-4-7-8(5-6)26-13(22)18-7/h3-5H,2H2,1H3,(H,18,22)(H,19,20). The molecular formula is C14H10F3N3O6S2. The van der Waals surface area contributed by atoms with Crippen LogP contribution in [0.3, 0.4) is 0 Å². The largest absolute Gasteiger partial charge is 0.462 e. The fourth-order valence-corrected chi connectivity index (χ4v) is 4.29. The molecule has 1 aromatic carbocycles. The minimum absolute atomic E-state index is 0.0600. The highest BCUT2D eigenvalue weighted by Crippen LogP contribution is 2.37. The van der Waals surface area contributed by atoms with Crippen LogP contribution in [0.2, 0.25) is 0 Å². The van der Waals surface area contributed by atoms with Crippen molar-refractivity contribution in [3.8, 4) is 0 Å². The maximum absolute atomic E-state index is 13.1. The molecule has 0 spiro atoms. The van der Waals surface area contributed by atoms with Gasteiger partial charge in [0.15, 0.2) is 16.4 Å². The Morgan fingerprint density at radius 2 is 2.11 bits per heavy atom. The maximum Gasteiger partial charge on any atom is 0.435 e. The second kappa shape index (κ2) is 6.94. The van der Waals surface area contributed by atoms with Gasteiger partial charge >= 0.3 is 17.9 Å². The summed E-state index contributed by atoms with van der Waals surface area (Å²) in [5.41, 5.74) is -1.38. The number of alkyl halides is 3. The molecule has 0 radical (unpaired) electrons. The Morgan fingerprint density at radius 3 is 2.75 bits per heavy atom.